The van der Waals surface area contributed by atoms with Crippen LogP contribution in [0.5, 0.6) is 5.75 Å². The molecule has 0 unspecified atom stereocenters. The summed E-state index contributed by atoms with van der Waals surface area (Å²) >= 11 is 0. The molecule has 134 valence electrons. The predicted molar refractivity (Wildman–Crippen MR) is 101 cm³/mol. The summed E-state index contributed by atoms with van der Waals surface area (Å²) in [5, 5.41) is 6.54. The topological polar surface area (TPSA) is 59.1 Å². The van der Waals surface area contributed by atoms with E-state index in [1.165, 1.54) is 18.5 Å². The van der Waals surface area contributed by atoms with Gasteiger partial charge in [-0.3, -0.25) is 0 Å². The Hall–Kier alpha value is -3.15. The third-order valence-electron chi connectivity index (χ3n) is 3.93. The Labute approximate surface area is 152 Å². The lowest BCUT2D eigenvalue weighted by Gasteiger charge is -2.09. The van der Waals surface area contributed by atoms with Crippen LogP contribution in [-0.2, 0) is 13.0 Å². The van der Waals surface area contributed by atoms with Gasteiger partial charge in [-0.1, -0.05) is 24.3 Å². The van der Waals surface area contributed by atoms with Crippen molar-refractivity contribution in [1.29, 1.82) is 0 Å². The van der Waals surface area contributed by atoms with Gasteiger partial charge in [0, 0.05) is 19.2 Å². The quantitative estimate of drug-likeness (QED) is 0.644. The molecule has 3 rings (SSSR count). The maximum absolute atomic E-state index is 12.9. The van der Waals surface area contributed by atoms with Gasteiger partial charge in [-0.05, 0) is 41.8 Å². The second kappa shape index (κ2) is 8.80. The highest BCUT2D eigenvalue weighted by molar-refractivity contribution is 5.47. The van der Waals surface area contributed by atoms with E-state index in [1.54, 1.807) is 19.2 Å². The summed E-state index contributed by atoms with van der Waals surface area (Å²) in [5.74, 6) is 2.12. The van der Waals surface area contributed by atoms with Crippen LogP contribution in [0, 0.1) is 5.82 Å². The van der Waals surface area contributed by atoms with Crippen LogP contribution >= 0.6 is 0 Å². The van der Waals surface area contributed by atoms with Crippen LogP contribution < -0.4 is 15.4 Å². The van der Waals surface area contributed by atoms with Crippen molar-refractivity contribution in [3.63, 3.8) is 0 Å². The largest absolute Gasteiger partial charge is 0.497 e. The molecule has 0 saturated carbocycles. The molecular weight excluding hydrogens is 331 g/mol. The van der Waals surface area contributed by atoms with Crippen molar-refractivity contribution in [2.75, 3.05) is 24.3 Å². The molecule has 0 aliphatic carbocycles. The van der Waals surface area contributed by atoms with Gasteiger partial charge in [-0.15, -0.1) is 0 Å². The number of rotatable bonds is 8. The summed E-state index contributed by atoms with van der Waals surface area (Å²) in [6, 6.07) is 16.3. The SMILES string of the molecule is COc1ccc(CNc2cc(NCCc3ccc(F)cc3)ncn2)cc1. The fourth-order valence-electron chi connectivity index (χ4n) is 2.47. The van der Waals surface area contributed by atoms with E-state index in [9.17, 15) is 4.39 Å². The fraction of sp³-hybridized carbons (Fsp3) is 0.200. The van der Waals surface area contributed by atoms with E-state index in [-0.39, 0.29) is 5.82 Å². The zero-order valence-electron chi connectivity index (χ0n) is 14.6. The van der Waals surface area contributed by atoms with Crippen LogP contribution in [0.4, 0.5) is 16.0 Å². The number of nitrogens with one attached hydrogen (secondary N) is 2. The summed E-state index contributed by atoms with van der Waals surface area (Å²) in [7, 11) is 1.65. The molecule has 0 bridgehead atoms. The highest BCUT2D eigenvalue weighted by Crippen LogP contribution is 2.14. The van der Waals surface area contributed by atoms with E-state index in [1.807, 2.05) is 30.3 Å². The highest BCUT2D eigenvalue weighted by Gasteiger charge is 2.00. The highest BCUT2D eigenvalue weighted by atomic mass is 19.1. The van der Waals surface area contributed by atoms with Gasteiger partial charge in [0.25, 0.3) is 0 Å². The maximum Gasteiger partial charge on any atom is 0.131 e. The molecule has 0 spiro atoms. The van der Waals surface area contributed by atoms with Crippen LogP contribution in [0.15, 0.2) is 60.9 Å². The zero-order valence-corrected chi connectivity index (χ0v) is 14.6. The van der Waals surface area contributed by atoms with Crippen LogP contribution in [0.2, 0.25) is 0 Å². The molecule has 0 atom stereocenters. The smallest absolute Gasteiger partial charge is 0.131 e. The number of methoxy groups -OCH3 is 1. The van der Waals surface area contributed by atoms with Gasteiger partial charge in [-0.25, -0.2) is 14.4 Å². The molecule has 0 aliphatic rings. The lowest BCUT2D eigenvalue weighted by atomic mass is 10.1. The second-order valence-electron chi connectivity index (χ2n) is 5.79. The van der Waals surface area contributed by atoms with Crippen molar-refractivity contribution in [2.45, 2.75) is 13.0 Å². The van der Waals surface area contributed by atoms with Gasteiger partial charge in [-0.2, -0.15) is 0 Å². The van der Waals surface area contributed by atoms with Gasteiger partial charge in [0.05, 0.1) is 7.11 Å². The van der Waals surface area contributed by atoms with Crippen LogP contribution in [0.1, 0.15) is 11.1 Å². The van der Waals surface area contributed by atoms with E-state index in [0.717, 1.165) is 34.9 Å². The number of hydrogen-bond donors (Lipinski definition) is 2. The second-order valence-corrected chi connectivity index (χ2v) is 5.79. The van der Waals surface area contributed by atoms with Gasteiger partial charge in [0.15, 0.2) is 0 Å². The number of aromatic nitrogens is 2. The average Bonchev–Trinajstić information content (AvgIpc) is 2.69. The third kappa shape index (κ3) is 5.17. The van der Waals surface area contributed by atoms with Crippen molar-refractivity contribution in [2.24, 2.45) is 0 Å². The molecule has 5 nitrogen and oxygen atoms in total. The minimum absolute atomic E-state index is 0.218. The molecule has 2 N–H and O–H groups in total. The predicted octanol–water partition coefficient (Wildman–Crippen LogP) is 3.89. The first-order valence-electron chi connectivity index (χ1n) is 8.40. The molecular formula is C20H21FN4O. The average molecular weight is 352 g/mol. The minimum atomic E-state index is -0.218. The Balaban J connectivity index is 1.49. The van der Waals surface area contributed by atoms with E-state index >= 15 is 0 Å². The lowest BCUT2D eigenvalue weighted by Crippen LogP contribution is -2.08. The Kier molecular flexibility index (Phi) is 5.98. The van der Waals surface area contributed by atoms with Gasteiger partial charge >= 0.3 is 0 Å². The Morgan fingerprint density at radius 1 is 0.885 bits per heavy atom. The Morgan fingerprint density at radius 3 is 2.23 bits per heavy atom. The van der Waals surface area contributed by atoms with E-state index in [4.69, 9.17) is 4.74 Å². The molecule has 0 radical (unpaired) electrons. The molecule has 26 heavy (non-hydrogen) atoms. The molecule has 3 aromatic rings. The summed E-state index contributed by atoms with van der Waals surface area (Å²) in [6.45, 7) is 1.37. The lowest BCUT2D eigenvalue weighted by molar-refractivity contribution is 0.414. The first-order chi connectivity index (χ1) is 12.7. The maximum atomic E-state index is 12.9. The van der Waals surface area contributed by atoms with Crippen molar-refractivity contribution in [3.8, 4) is 5.75 Å². The summed E-state index contributed by atoms with van der Waals surface area (Å²) in [6.07, 6.45) is 2.31. The Bertz CT molecular complexity index is 822. The molecule has 0 saturated heterocycles. The van der Waals surface area contributed by atoms with Crippen LogP contribution in [0.25, 0.3) is 0 Å². The first-order valence-corrected chi connectivity index (χ1v) is 8.40. The first kappa shape index (κ1) is 17.7. The summed E-state index contributed by atoms with van der Waals surface area (Å²) < 4.78 is 18.1. The number of nitrogens with zero attached hydrogens (tertiary/aromatic N) is 2. The molecule has 1 heterocycles. The summed E-state index contributed by atoms with van der Waals surface area (Å²) in [5.41, 5.74) is 2.21. The molecule has 0 amide bonds. The zero-order chi connectivity index (χ0) is 18.2. The molecule has 2 aromatic carbocycles. The van der Waals surface area contributed by atoms with Crippen molar-refractivity contribution < 1.29 is 9.13 Å². The number of benzene rings is 2. The number of anilines is 2. The molecule has 0 aliphatic heterocycles. The molecule has 1 aromatic heterocycles. The normalized spacial score (nSPS) is 10.4. The Morgan fingerprint density at radius 2 is 1.54 bits per heavy atom. The standard InChI is InChI=1S/C20H21FN4O/c1-26-18-8-4-16(5-9-18)13-23-20-12-19(24-14-25-20)22-11-10-15-2-6-17(21)7-3-15/h2-9,12,14H,10-11,13H2,1H3,(H2,22,23,24,25). The van der Waals surface area contributed by atoms with E-state index < -0.39 is 0 Å². The molecule has 0 fully saturated rings. The number of halogens is 1. The monoisotopic (exact) mass is 352 g/mol. The van der Waals surface area contributed by atoms with Crippen molar-refractivity contribution in [1.82, 2.24) is 9.97 Å². The van der Waals surface area contributed by atoms with Crippen molar-refractivity contribution in [3.05, 3.63) is 77.9 Å². The number of hydrogen-bond acceptors (Lipinski definition) is 5. The fourth-order valence-corrected chi connectivity index (χ4v) is 2.47. The van der Waals surface area contributed by atoms with Gasteiger partial charge in [0.2, 0.25) is 0 Å². The third-order valence-corrected chi connectivity index (χ3v) is 3.93. The van der Waals surface area contributed by atoms with Crippen LogP contribution in [0.3, 0.4) is 0 Å². The molecule has 6 heteroatoms. The van der Waals surface area contributed by atoms with Gasteiger partial charge in [0.1, 0.15) is 29.5 Å². The van der Waals surface area contributed by atoms with Gasteiger partial charge < -0.3 is 15.4 Å². The van der Waals surface area contributed by atoms with E-state index in [2.05, 4.69) is 20.6 Å². The van der Waals surface area contributed by atoms with E-state index in [0.29, 0.717) is 13.1 Å². The summed E-state index contributed by atoms with van der Waals surface area (Å²) in [4.78, 5) is 8.46. The van der Waals surface area contributed by atoms with Crippen molar-refractivity contribution >= 4 is 11.6 Å². The van der Waals surface area contributed by atoms with Crippen LogP contribution in [-0.4, -0.2) is 23.6 Å². The number of ether oxygens (including phenoxy) is 1. The minimum Gasteiger partial charge on any atom is -0.497 e.